The molecule has 0 aliphatic carbocycles. The fourth-order valence-electron chi connectivity index (χ4n) is 0.566. The van der Waals surface area contributed by atoms with Gasteiger partial charge in [0, 0.05) is 0 Å². The number of nitrogens with two attached hydrogens (primary N) is 3. The molecule has 0 saturated carbocycles. The first-order chi connectivity index (χ1) is 7.89. The summed E-state index contributed by atoms with van der Waals surface area (Å²) in [6.07, 6.45) is 0. The third-order valence-electron chi connectivity index (χ3n) is 0.900. The Morgan fingerprint density at radius 2 is 1.05 bits per heavy atom. The van der Waals surface area contributed by atoms with Crippen LogP contribution in [-0.2, 0) is 13.4 Å². The smallest absolute Gasteiger partial charge is 1.00 e. The van der Waals surface area contributed by atoms with Crippen LogP contribution in [0.5, 0.6) is 0 Å². The molecule has 0 aliphatic heterocycles. The quantitative estimate of drug-likeness (QED) is 0.219. The average Bonchev–Trinajstić information content (AvgIpc) is 1.92. The number of nitrogens with zero attached hydrogens (tertiary/aromatic N) is 3. The van der Waals surface area contributed by atoms with Gasteiger partial charge in [0.05, 0.1) is 0 Å². The molecule has 0 radical (unpaired) electrons. The van der Waals surface area contributed by atoms with Crippen LogP contribution in [0.2, 0.25) is 0 Å². The first-order valence-electron chi connectivity index (χ1n) is 3.74. The zero-order chi connectivity index (χ0) is 14.6. The van der Waals surface area contributed by atoms with Gasteiger partial charge in [0.2, 0.25) is 17.8 Å². The summed E-state index contributed by atoms with van der Waals surface area (Å²) in [6.45, 7) is 0. The van der Waals surface area contributed by atoms with E-state index in [2.05, 4.69) is 19.3 Å². The minimum Gasteiger partial charge on any atom is -1.00 e. The van der Waals surface area contributed by atoms with Crippen LogP contribution >= 0.6 is 15.6 Å². The maximum atomic E-state index is 9.63. The predicted molar refractivity (Wildman–Crippen MR) is 66.2 cm³/mol. The number of hydrogen-bond acceptors (Lipinski definition) is 9. The Morgan fingerprint density at radius 3 is 1.16 bits per heavy atom. The molecule has 0 aromatic carbocycles. The summed E-state index contributed by atoms with van der Waals surface area (Å²) >= 11 is 0. The van der Waals surface area contributed by atoms with E-state index in [0.29, 0.717) is 0 Å². The van der Waals surface area contributed by atoms with Crippen LogP contribution in [0.15, 0.2) is 0 Å². The van der Waals surface area contributed by atoms with Crippen LogP contribution in [0, 0.1) is 0 Å². The monoisotopic (exact) mass is 346 g/mol. The van der Waals surface area contributed by atoms with E-state index < -0.39 is 15.6 Å². The van der Waals surface area contributed by atoms with Crippen molar-refractivity contribution in [3.63, 3.8) is 0 Å². The van der Waals surface area contributed by atoms with Crippen LogP contribution < -0.4 is 17.2 Å². The summed E-state index contributed by atoms with van der Waals surface area (Å²) in [5, 5.41) is 0. The molecule has 1 heterocycles. The molecule has 19 heavy (non-hydrogen) atoms. The third-order valence-corrected chi connectivity index (χ3v) is 2.60. The largest absolute Gasteiger partial charge is 2.00 e. The Kier molecular flexibility index (Phi) is 9.24. The zero-order valence-electron chi connectivity index (χ0n) is 11.2. The normalized spacial score (nSPS) is 10.9. The molecule has 16 heteroatoms. The number of rotatable bonds is 2. The molecule has 0 amide bonds. The van der Waals surface area contributed by atoms with Gasteiger partial charge < -0.3 is 39.6 Å². The number of nitrogen functional groups attached to an aromatic ring is 3. The van der Waals surface area contributed by atoms with E-state index in [1.165, 1.54) is 0 Å². The van der Waals surface area contributed by atoms with E-state index in [9.17, 15) is 9.13 Å². The zero-order valence-corrected chi connectivity index (χ0v) is 13.2. The van der Waals surface area contributed by atoms with Crippen molar-refractivity contribution in [1.82, 2.24) is 15.0 Å². The van der Waals surface area contributed by atoms with Gasteiger partial charge >= 0.3 is 53.4 Å². The van der Waals surface area contributed by atoms with E-state index >= 15 is 0 Å². The second kappa shape index (κ2) is 8.27. The van der Waals surface area contributed by atoms with Crippen molar-refractivity contribution in [1.29, 1.82) is 0 Å². The van der Waals surface area contributed by atoms with E-state index in [1.807, 2.05) is 0 Å². The summed E-state index contributed by atoms with van der Waals surface area (Å²) < 4.78 is 22.2. The maximum Gasteiger partial charge on any atom is 2.00 e. The molecule has 1 rings (SSSR count). The van der Waals surface area contributed by atoms with Crippen LogP contribution in [-0.4, -0.2) is 72.3 Å². The summed E-state index contributed by atoms with van der Waals surface area (Å²) in [7, 11) is -10.1. The molecule has 0 fully saturated rings. The summed E-state index contributed by atoms with van der Waals surface area (Å²) in [6, 6.07) is 0. The molecule has 0 saturated heterocycles. The summed E-state index contributed by atoms with van der Waals surface area (Å²) in [5.41, 5.74) is 15.4. The number of phosphoric acid groups is 2. The number of anilines is 3. The molecule has 108 valence electrons. The van der Waals surface area contributed by atoms with Crippen molar-refractivity contribution >= 4 is 71.2 Å². The van der Waals surface area contributed by atoms with Gasteiger partial charge in [0.15, 0.2) is 0 Å². The van der Waals surface area contributed by atoms with Gasteiger partial charge in [-0.3, -0.25) is 0 Å². The van der Waals surface area contributed by atoms with Crippen molar-refractivity contribution in [2.24, 2.45) is 0 Å². The average molecular weight is 346 g/mol. The van der Waals surface area contributed by atoms with Gasteiger partial charge in [0.25, 0.3) is 0 Å². The maximum absolute atomic E-state index is 9.63. The van der Waals surface area contributed by atoms with Crippen LogP contribution in [0.3, 0.4) is 0 Å². The summed E-state index contributed by atoms with van der Waals surface area (Å²) in [5.74, 6) is 0.125. The minimum absolute atomic E-state index is 0. The second-order valence-electron chi connectivity index (χ2n) is 2.47. The fourth-order valence-corrected chi connectivity index (χ4v) is 1.67. The Balaban J connectivity index is -0.000000120. The van der Waals surface area contributed by atoms with Gasteiger partial charge in [-0.05, 0) is 0 Å². The molecule has 10 N–H and O–H groups in total. The molecule has 1 aromatic rings. The van der Waals surface area contributed by atoms with Crippen molar-refractivity contribution in [3.05, 3.63) is 0 Å². The molecule has 1 aromatic heterocycles. The predicted octanol–water partition coefficient (Wildman–Crippen LogP) is -2.35. The minimum atomic E-state index is -5.05. The van der Waals surface area contributed by atoms with Crippen molar-refractivity contribution in [3.8, 4) is 0 Å². The van der Waals surface area contributed by atoms with Crippen LogP contribution in [0.1, 0.15) is 2.85 Å². The van der Waals surface area contributed by atoms with Crippen molar-refractivity contribution in [2.45, 2.75) is 0 Å². The molecular weight excluding hydrogens is 334 g/mol. The second-order valence-corrected chi connectivity index (χ2v) is 5.09. The van der Waals surface area contributed by atoms with Crippen molar-refractivity contribution in [2.75, 3.05) is 17.2 Å². The van der Waals surface area contributed by atoms with Gasteiger partial charge in [-0.2, -0.15) is 19.3 Å². The molecule has 13 nitrogen and oxygen atoms in total. The Morgan fingerprint density at radius 1 is 0.842 bits per heavy atom. The van der Waals surface area contributed by atoms with Crippen molar-refractivity contribution < 1.29 is 35.9 Å². The van der Waals surface area contributed by atoms with Crippen LogP contribution in [0.4, 0.5) is 17.8 Å². The van der Waals surface area contributed by atoms with E-state index in [0.717, 1.165) is 0 Å². The Labute approximate surface area is 139 Å². The van der Waals surface area contributed by atoms with E-state index in [1.54, 1.807) is 0 Å². The topological polar surface area (TPSA) is 241 Å². The number of hydrogen-bond donors (Lipinski definition) is 7. The van der Waals surface area contributed by atoms with Gasteiger partial charge in [-0.1, -0.05) is 0 Å². The van der Waals surface area contributed by atoms with E-state index in [4.69, 9.17) is 36.8 Å². The molecule has 0 aliphatic rings. The molecule has 0 unspecified atom stereocenters. The molecule has 0 bridgehead atoms. The van der Waals surface area contributed by atoms with Gasteiger partial charge in [-0.15, -0.1) is 0 Å². The number of aromatic nitrogens is 3. The third kappa shape index (κ3) is 14.2. The van der Waals surface area contributed by atoms with Gasteiger partial charge in [-0.25, -0.2) is 9.13 Å². The Bertz CT molecular complexity index is 441. The molecular formula is C3H12CaN6O7P2. The van der Waals surface area contributed by atoms with Gasteiger partial charge in [0.1, 0.15) is 0 Å². The van der Waals surface area contributed by atoms with E-state index in [-0.39, 0.29) is 58.4 Å². The summed E-state index contributed by atoms with van der Waals surface area (Å²) in [4.78, 5) is 41.5. The molecule has 0 atom stereocenters. The van der Waals surface area contributed by atoms with Crippen LogP contribution in [0.25, 0.3) is 0 Å². The first kappa shape index (κ1) is 21.2. The fraction of sp³-hybridized carbons (Fsp3) is 0. The standard InChI is InChI=1S/C3H6N6.Ca.H4O7P2.2H/c4-1-7-2(5)9-3(6)8-1;;1-8(2,3)7-9(4,5)6;;/h(H6,4,5,6,7,8,9);;(H2,1,2,3)(H2,4,5,6);;/q;+2;;2*-1. The first-order valence-corrected chi connectivity index (χ1v) is 6.80. The Hall–Kier alpha value is -0.0703. The molecule has 0 spiro atoms. The SMILES string of the molecule is Nc1nc(N)nc(N)n1.O=P(O)(O)OP(=O)(O)O.[Ca+2].[H-].[H-].